The Morgan fingerprint density at radius 2 is 1.51 bits per heavy atom. The Morgan fingerprint density at radius 1 is 0.973 bits per heavy atom. The zero-order valence-electron chi connectivity index (χ0n) is 21.0. The van der Waals surface area contributed by atoms with Crippen molar-refractivity contribution in [3.05, 3.63) is 71.8 Å². The van der Waals surface area contributed by atoms with E-state index in [0.717, 1.165) is 5.06 Å². The van der Waals surface area contributed by atoms with Crippen molar-refractivity contribution in [1.29, 1.82) is 0 Å². The van der Waals surface area contributed by atoms with Gasteiger partial charge in [0.2, 0.25) is 5.91 Å². The maximum atomic E-state index is 13.4. The van der Waals surface area contributed by atoms with Crippen molar-refractivity contribution in [3.63, 3.8) is 0 Å². The van der Waals surface area contributed by atoms with Crippen molar-refractivity contribution in [1.82, 2.24) is 10.4 Å². The van der Waals surface area contributed by atoms with Gasteiger partial charge in [-0.2, -0.15) is 0 Å². The number of nitrogens with two attached hydrogens (primary N) is 1. The van der Waals surface area contributed by atoms with E-state index in [1.807, 2.05) is 0 Å². The number of hydrogen-bond donors (Lipinski definition) is 4. The quantitative estimate of drug-likeness (QED) is 0.307. The highest BCUT2D eigenvalue weighted by Crippen LogP contribution is 2.18. The minimum atomic E-state index is -1.71. The van der Waals surface area contributed by atoms with E-state index in [0.29, 0.717) is 11.1 Å². The number of hydrogen-bond acceptors (Lipinski definition) is 8. The van der Waals surface area contributed by atoms with Crippen LogP contribution < -0.4 is 11.1 Å². The van der Waals surface area contributed by atoms with Gasteiger partial charge in [0.05, 0.1) is 19.1 Å². The van der Waals surface area contributed by atoms with Crippen LogP contribution >= 0.6 is 0 Å². The molecule has 200 valence electrons. The molecule has 2 aromatic rings. The molecule has 2 amide bonds. The highest BCUT2D eigenvalue weighted by molar-refractivity contribution is 5.87. The lowest BCUT2D eigenvalue weighted by atomic mass is 9.92. The first-order valence-electron chi connectivity index (χ1n) is 11.6. The topological polar surface area (TPSA) is 168 Å². The summed E-state index contributed by atoms with van der Waals surface area (Å²) in [7, 11) is 0. The van der Waals surface area contributed by atoms with Crippen LogP contribution in [0.4, 0.5) is 4.79 Å². The Bertz CT molecular complexity index is 1060. The maximum absolute atomic E-state index is 13.4. The number of aliphatic hydroxyl groups is 1. The molecule has 2 aromatic carbocycles. The average Bonchev–Trinajstić information content (AvgIpc) is 2.81. The third-order valence-electron chi connectivity index (χ3n) is 5.18. The minimum absolute atomic E-state index is 0.121. The number of primary amides is 1. The molecule has 0 fully saturated rings. The van der Waals surface area contributed by atoms with Crippen LogP contribution in [0.15, 0.2) is 60.7 Å². The largest absolute Gasteiger partial charge is 0.481 e. The van der Waals surface area contributed by atoms with Crippen LogP contribution in [0.5, 0.6) is 0 Å². The highest BCUT2D eigenvalue weighted by Gasteiger charge is 2.40. The number of carboxylic acid groups (broad SMARTS) is 1. The average molecular weight is 516 g/mol. The number of nitrogens with zero attached hydrogens (tertiary/aromatic N) is 1. The van der Waals surface area contributed by atoms with Crippen molar-refractivity contribution in [2.24, 2.45) is 11.7 Å². The van der Waals surface area contributed by atoms with Gasteiger partial charge in [0.1, 0.15) is 17.7 Å². The van der Waals surface area contributed by atoms with E-state index < -0.39 is 54.1 Å². The van der Waals surface area contributed by atoms with Crippen LogP contribution in [0, 0.1) is 5.92 Å². The number of aliphatic carboxylic acids is 1. The lowest BCUT2D eigenvalue weighted by Gasteiger charge is -2.31. The van der Waals surface area contributed by atoms with Crippen LogP contribution in [0.3, 0.4) is 0 Å². The fourth-order valence-corrected chi connectivity index (χ4v) is 3.44. The molecule has 0 aliphatic heterocycles. The van der Waals surface area contributed by atoms with Gasteiger partial charge in [0.25, 0.3) is 0 Å². The Labute approximate surface area is 215 Å². The predicted molar refractivity (Wildman–Crippen MR) is 133 cm³/mol. The van der Waals surface area contributed by atoms with Gasteiger partial charge in [-0.05, 0) is 38.3 Å². The molecule has 2 rings (SSSR count). The second-order valence-corrected chi connectivity index (χ2v) is 9.33. The van der Waals surface area contributed by atoms with Gasteiger partial charge in [-0.15, -0.1) is 5.06 Å². The molecular weight excluding hydrogens is 482 g/mol. The molecule has 0 saturated heterocycles. The second kappa shape index (κ2) is 13.4. The van der Waals surface area contributed by atoms with E-state index in [4.69, 9.17) is 15.3 Å². The summed E-state index contributed by atoms with van der Waals surface area (Å²) in [6, 6.07) is 14.0. The summed E-state index contributed by atoms with van der Waals surface area (Å²) < 4.78 is 5.23. The van der Waals surface area contributed by atoms with Gasteiger partial charge in [-0.1, -0.05) is 60.7 Å². The predicted octanol–water partition coefficient (Wildman–Crippen LogP) is 1.63. The van der Waals surface area contributed by atoms with E-state index in [-0.39, 0.29) is 13.0 Å². The van der Waals surface area contributed by atoms with Gasteiger partial charge < -0.3 is 30.8 Å². The lowest BCUT2D eigenvalue weighted by molar-refractivity contribution is -0.212. The first-order valence-corrected chi connectivity index (χ1v) is 11.6. The van der Waals surface area contributed by atoms with Crippen molar-refractivity contribution in [2.75, 3.05) is 6.61 Å². The molecule has 37 heavy (non-hydrogen) atoms. The molecule has 0 radical (unpaired) electrons. The molecule has 0 spiro atoms. The number of carbonyl (C=O) groups excluding carboxylic acids is 3. The molecule has 5 N–H and O–H groups in total. The van der Waals surface area contributed by atoms with E-state index in [1.165, 1.54) is 0 Å². The van der Waals surface area contributed by atoms with E-state index in [2.05, 4.69) is 5.32 Å². The van der Waals surface area contributed by atoms with Crippen LogP contribution in [0.25, 0.3) is 0 Å². The third-order valence-corrected chi connectivity index (χ3v) is 5.18. The molecule has 0 heterocycles. The number of hydroxylamine groups is 2. The standard InChI is InChI=1S/C26H33N3O8/c1-26(2,3)36-25(35)28-21(19(23(32)33)14-17-10-6-4-7-11-17)24(34)37-29(20(16-30)22(27)31)15-18-12-8-5-9-13-18/h4-13,19-21,30H,14-16H2,1-3H3,(H2,27,31)(H,28,35)(H,32,33)/t19?,20-,21-/m0/s1. The lowest BCUT2D eigenvalue weighted by Crippen LogP contribution is -2.54. The molecule has 11 nitrogen and oxygen atoms in total. The number of carboxylic acids is 1. The van der Waals surface area contributed by atoms with Gasteiger partial charge in [0.15, 0.2) is 0 Å². The van der Waals surface area contributed by atoms with Gasteiger partial charge >= 0.3 is 18.0 Å². The SMILES string of the molecule is CC(C)(C)OC(=O)N[C@H](C(=O)ON(Cc1ccccc1)[C@@H](CO)C(N)=O)C(Cc1ccccc1)C(=O)O. The van der Waals surface area contributed by atoms with Crippen LogP contribution in [0.2, 0.25) is 0 Å². The number of benzene rings is 2. The number of ether oxygens (including phenoxy) is 1. The number of carbonyl (C=O) groups is 4. The Hall–Kier alpha value is -3.96. The number of rotatable bonds is 12. The molecule has 0 aromatic heterocycles. The van der Waals surface area contributed by atoms with Crippen LogP contribution in [-0.2, 0) is 36.9 Å². The Morgan fingerprint density at radius 3 is 1.97 bits per heavy atom. The number of alkyl carbamates (subject to hydrolysis) is 1. The van der Waals surface area contributed by atoms with Crippen molar-refractivity contribution < 1.29 is 39.0 Å². The minimum Gasteiger partial charge on any atom is -0.481 e. The molecule has 0 saturated carbocycles. The zero-order valence-corrected chi connectivity index (χ0v) is 21.0. The molecular formula is C26H33N3O8. The van der Waals surface area contributed by atoms with Crippen molar-refractivity contribution in [2.45, 2.75) is 51.4 Å². The molecule has 1 unspecified atom stereocenters. The van der Waals surface area contributed by atoms with E-state index >= 15 is 0 Å². The van der Waals surface area contributed by atoms with Gasteiger partial charge in [-0.25, -0.2) is 9.59 Å². The van der Waals surface area contributed by atoms with Crippen molar-refractivity contribution in [3.8, 4) is 0 Å². The van der Waals surface area contributed by atoms with Gasteiger partial charge in [0, 0.05) is 0 Å². The monoisotopic (exact) mass is 515 g/mol. The Balaban J connectivity index is 2.41. The van der Waals surface area contributed by atoms with E-state index in [9.17, 15) is 29.4 Å². The number of amides is 2. The summed E-state index contributed by atoms with van der Waals surface area (Å²) in [5.74, 6) is -4.97. The fraction of sp³-hybridized carbons (Fsp3) is 0.385. The zero-order chi connectivity index (χ0) is 27.6. The van der Waals surface area contributed by atoms with E-state index in [1.54, 1.807) is 81.4 Å². The third kappa shape index (κ3) is 9.54. The molecule has 0 aliphatic carbocycles. The van der Waals surface area contributed by atoms with Gasteiger partial charge in [-0.3, -0.25) is 9.59 Å². The normalized spacial score (nSPS) is 13.8. The molecule has 3 atom stereocenters. The molecule has 0 aliphatic rings. The first-order chi connectivity index (χ1) is 17.4. The second-order valence-electron chi connectivity index (χ2n) is 9.33. The molecule has 0 bridgehead atoms. The summed E-state index contributed by atoms with van der Waals surface area (Å²) in [6.07, 6.45) is -1.15. The van der Waals surface area contributed by atoms with Crippen molar-refractivity contribution >= 4 is 23.9 Å². The summed E-state index contributed by atoms with van der Waals surface area (Å²) in [6.45, 7) is 3.92. The smallest absolute Gasteiger partial charge is 0.408 e. The fourth-order valence-electron chi connectivity index (χ4n) is 3.44. The number of aliphatic hydroxyl groups excluding tert-OH is 1. The summed E-state index contributed by atoms with van der Waals surface area (Å²) in [5.41, 5.74) is 5.69. The highest BCUT2D eigenvalue weighted by atomic mass is 16.7. The summed E-state index contributed by atoms with van der Waals surface area (Å²) in [5, 5.41) is 22.9. The Kier molecular flexibility index (Phi) is 10.6. The van der Waals surface area contributed by atoms with Crippen LogP contribution in [0.1, 0.15) is 31.9 Å². The first kappa shape index (κ1) is 29.3. The number of nitrogens with one attached hydrogen (secondary N) is 1. The van der Waals surface area contributed by atoms with Crippen LogP contribution in [-0.4, -0.2) is 63.5 Å². The molecule has 11 heteroatoms. The summed E-state index contributed by atoms with van der Waals surface area (Å²) in [4.78, 5) is 55.6. The summed E-state index contributed by atoms with van der Waals surface area (Å²) >= 11 is 0. The maximum Gasteiger partial charge on any atom is 0.408 e.